The van der Waals surface area contributed by atoms with Crippen molar-refractivity contribution in [2.24, 2.45) is 17.3 Å². The number of fused-ring (bicyclic) bond motifs is 7. The summed E-state index contributed by atoms with van der Waals surface area (Å²) in [5.74, 6) is 1.64. The number of hydrogen-bond donors (Lipinski definition) is 0. The molecule has 8 aromatic carbocycles. The molecule has 4 heteroatoms. The van der Waals surface area contributed by atoms with Crippen LogP contribution in [0.4, 0.5) is 0 Å². The van der Waals surface area contributed by atoms with E-state index in [4.69, 9.17) is 4.42 Å². The molecule has 14 rings (SSSR count). The zero-order valence-electron chi connectivity index (χ0n) is 40.0. The molecular weight excluding hydrogens is 842 g/mol. The molecule has 332 valence electrons. The Morgan fingerprint density at radius 3 is 1.66 bits per heavy atom. The summed E-state index contributed by atoms with van der Waals surface area (Å²) in [6, 6.07) is 58.8. The van der Waals surface area contributed by atoms with Crippen molar-refractivity contribution < 1.29 is 8.98 Å². The smallest absolute Gasteiger partial charge is 0.242 e. The van der Waals surface area contributed by atoms with Crippen molar-refractivity contribution in [1.29, 1.82) is 0 Å². The third-order valence-corrected chi connectivity index (χ3v) is 21.9. The molecule has 4 aliphatic carbocycles. The lowest BCUT2D eigenvalue weighted by Gasteiger charge is -2.73. The van der Waals surface area contributed by atoms with Crippen molar-refractivity contribution in [3.05, 3.63) is 202 Å². The largest absolute Gasteiger partial charge is 0.456 e. The van der Waals surface area contributed by atoms with Crippen molar-refractivity contribution in [1.82, 2.24) is 0 Å². The first-order chi connectivity index (χ1) is 32.9. The van der Waals surface area contributed by atoms with Gasteiger partial charge in [-0.15, -0.1) is 0 Å². The minimum atomic E-state index is -2.95. The van der Waals surface area contributed by atoms with E-state index < -0.39 is 7.14 Å². The standard InChI is InChI=1S/C64H56BO2P/c1-38-27-40(3)60(41(4)28-38)65(61-42(5)29-39(2)30-43(61)6)50-22-26-57-55(33-50)54-31-45(17-25-56(54)67-57)44-15-18-47(19-16-44)63-35-49-32-48-34-62(36-63,37-64(48,49)63)46-20-23-51(24-21-46)68(66)58-13-9-7-11-52(58)53-12-8-10-14-59(53)68/h7-31,33,48-49H,32,34-37H2,1-6H3. The van der Waals surface area contributed by atoms with E-state index in [1.54, 1.807) is 0 Å². The quantitative estimate of drug-likeness (QED) is 0.118. The first-order valence-electron chi connectivity index (χ1n) is 25.0. The molecule has 5 atom stereocenters. The van der Waals surface area contributed by atoms with Gasteiger partial charge in [-0.25, -0.2) is 0 Å². The predicted molar refractivity (Wildman–Crippen MR) is 286 cm³/mol. The summed E-state index contributed by atoms with van der Waals surface area (Å²) in [4.78, 5) is 0. The number of benzene rings is 8. The van der Waals surface area contributed by atoms with E-state index in [0.29, 0.717) is 5.41 Å². The van der Waals surface area contributed by atoms with Crippen molar-refractivity contribution in [3.8, 4) is 22.3 Å². The molecule has 0 N–H and O–H groups in total. The molecule has 4 fully saturated rings. The molecule has 0 amide bonds. The molecule has 68 heavy (non-hydrogen) atoms. The van der Waals surface area contributed by atoms with Gasteiger partial charge in [-0.05, 0) is 148 Å². The van der Waals surface area contributed by atoms with E-state index in [1.165, 1.54) is 115 Å². The van der Waals surface area contributed by atoms with E-state index in [0.717, 1.165) is 50.0 Å². The van der Waals surface area contributed by atoms with Crippen molar-refractivity contribution in [3.63, 3.8) is 0 Å². The zero-order valence-corrected chi connectivity index (χ0v) is 40.9. The average molecular weight is 899 g/mol. The Bertz CT molecular complexity index is 3540. The average Bonchev–Trinajstić information content (AvgIpc) is 4.02. The summed E-state index contributed by atoms with van der Waals surface area (Å²) < 4.78 is 21.9. The minimum absolute atomic E-state index is 0.102. The second kappa shape index (κ2) is 14.0. The lowest BCUT2D eigenvalue weighted by atomic mass is 9.30. The van der Waals surface area contributed by atoms with Crippen LogP contribution in [0.2, 0.25) is 0 Å². The van der Waals surface area contributed by atoms with Gasteiger partial charge in [-0.2, -0.15) is 0 Å². The highest BCUT2D eigenvalue weighted by atomic mass is 31.2. The van der Waals surface area contributed by atoms with Gasteiger partial charge in [0.15, 0.2) is 7.14 Å². The van der Waals surface area contributed by atoms with Crippen LogP contribution >= 0.6 is 7.14 Å². The van der Waals surface area contributed by atoms with Crippen LogP contribution in [0, 0.1) is 58.8 Å². The number of aryl methyl sites for hydroxylation is 6. The highest BCUT2D eigenvalue weighted by Crippen LogP contribution is 2.89. The summed E-state index contributed by atoms with van der Waals surface area (Å²) in [6.07, 6.45) is 6.50. The fourth-order valence-corrected chi connectivity index (χ4v) is 19.4. The lowest BCUT2D eigenvalue weighted by Crippen LogP contribution is -2.69. The molecule has 1 aromatic heterocycles. The predicted octanol–water partition coefficient (Wildman–Crippen LogP) is 12.6. The number of hydrogen-bond acceptors (Lipinski definition) is 2. The van der Waals surface area contributed by atoms with Gasteiger partial charge in [0.1, 0.15) is 11.2 Å². The van der Waals surface area contributed by atoms with Crippen molar-refractivity contribution >= 4 is 68.1 Å². The van der Waals surface area contributed by atoms with E-state index in [2.05, 4.69) is 187 Å². The van der Waals surface area contributed by atoms with Gasteiger partial charge in [-0.1, -0.05) is 189 Å². The summed E-state index contributed by atoms with van der Waals surface area (Å²) >= 11 is 0. The van der Waals surface area contributed by atoms with Gasteiger partial charge in [0.05, 0.1) is 0 Å². The van der Waals surface area contributed by atoms with Gasteiger partial charge >= 0.3 is 0 Å². The maximum absolute atomic E-state index is 15.3. The Morgan fingerprint density at radius 1 is 0.529 bits per heavy atom. The Balaban J connectivity index is 0.797. The first kappa shape index (κ1) is 40.9. The van der Waals surface area contributed by atoms with E-state index in [-0.39, 0.29) is 17.5 Å². The SMILES string of the molecule is Cc1cc(C)c(B(c2ccc3oc4ccc(-c5ccc(C67CC8CC9CC(c%10ccc(P%11(=O)c%12ccccc%12-c%12ccccc%12%11)cc%10)(C6)CC987)cc5)cc4c3c2)c2c(C)cc(C)cc2C)c(C)c1. The Hall–Kier alpha value is -6.15. The monoisotopic (exact) mass is 898 g/mol. The van der Waals surface area contributed by atoms with Crippen LogP contribution in [0.5, 0.6) is 0 Å². The third kappa shape index (κ3) is 5.24. The highest BCUT2D eigenvalue weighted by molar-refractivity contribution is 7.86. The molecule has 5 aliphatic rings. The fraction of sp³-hybridized carbons (Fsp3) is 0.250. The van der Waals surface area contributed by atoms with Crippen LogP contribution in [-0.4, -0.2) is 6.71 Å². The molecule has 5 unspecified atom stereocenters. The summed E-state index contributed by atoms with van der Waals surface area (Å²) in [5, 5.41) is 5.27. The molecular formula is C64H56BO2P. The highest BCUT2D eigenvalue weighted by Gasteiger charge is 2.84. The number of furan rings is 1. The molecule has 2 bridgehead atoms. The van der Waals surface area contributed by atoms with Gasteiger partial charge < -0.3 is 8.98 Å². The maximum atomic E-state index is 15.3. The Labute approximate surface area is 401 Å². The summed E-state index contributed by atoms with van der Waals surface area (Å²) in [7, 11) is -2.95. The molecule has 0 radical (unpaired) electrons. The van der Waals surface area contributed by atoms with Gasteiger partial charge in [0.2, 0.25) is 6.71 Å². The van der Waals surface area contributed by atoms with Crippen LogP contribution in [-0.2, 0) is 15.4 Å². The van der Waals surface area contributed by atoms with Crippen LogP contribution in [0.15, 0.2) is 162 Å². The number of rotatable bonds is 7. The maximum Gasteiger partial charge on any atom is 0.242 e. The third-order valence-electron chi connectivity index (χ3n) is 18.7. The van der Waals surface area contributed by atoms with Gasteiger partial charge in [0, 0.05) is 32.1 Å². The van der Waals surface area contributed by atoms with Crippen molar-refractivity contribution in [2.45, 2.75) is 84.5 Å². The molecule has 0 saturated heterocycles. The molecule has 9 aromatic rings. The summed E-state index contributed by atoms with van der Waals surface area (Å²) in [5.41, 5.74) is 22.5. The molecule has 1 aliphatic heterocycles. The first-order valence-corrected chi connectivity index (χ1v) is 26.7. The lowest BCUT2D eigenvalue weighted by molar-refractivity contribution is -0.199. The topological polar surface area (TPSA) is 30.2 Å². The van der Waals surface area contributed by atoms with Crippen LogP contribution < -0.4 is 32.3 Å². The summed E-state index contributed by atoms with van der Waals surface area (Å²) in [6.45, 7) is 13.7. The second-order valence-electron chi connectivity index (χ2n) is 22.2. The molecule has 1 spiro atoms. The van der Waals surface area contributed by atoms with Gasteiger partial charge in [-0.3, -0.25) is 0 Å². The fourth-order valence-electron chi connectivity index (χ4n) is 16.3. The Kier molecular flexibility index (Phi) is 8.41. The molecule has 4 saturated carbocycles. The van der Waals surface area contributed by atoms with E-state index >= 15 is 4.57 Å². The van der Waals surface area contributed by atoms with Gasteiger partial charge in [0.25, 0.3) is 0 Å². The van der Waals surface area contributed by atoms with Crippen molar-refractivity contribution in [2.75, 3.05) is 0 Å². The molecule has 2 nitrogen and oxygen atoms in total. The zero-order chi connectivity index (χ0) is 46.1. The van der Waals surface area contributed by atoms with Crippen LogP contribution in [0.25, 0.3) is 44.2 Å². The second-order valence-corrected chi connectivity index (χ2v) is 24.9. The van der Waals surface area contributed by atoms with Crippen LogP contribution in [0.1, 0.15) is 76.6 Å². The molecule has 2 heterocycles. The van der Waals surface area contributed by atoms with Crippen LogP contribution in [0.3, 0.4) is 0 Å². The minimum Gasteiger partial charge on any atom is -0.456 e. The van der Waals surface area contributed by atoms with E-state index in [1.807, 2.05) is 12.1 Å². The van der Waals surface area contributed by atoms with E-state index in [9.17, 15) is 0 Å². The Morgan fingerprint density at radius 2 is 1.06 bits per heavy atom. The normalized spacial score (nSPS) is 24.4.